The predicted molar refractivity (Wildman–Crippen MR) is 157 cm³/mol. The first-order valence-electron chi connectivity index (χ1n) is 14.0. The number of amides is 2. The molecule has 0 radical (unpaired) electrons. The number of ketones is 1. The van der Waals surface area contributed by atoms with Crippen molar-refractivity contribution >= 4 is 46.8 Å². The van der Waals surface area contributed by atoms with E-state index < -0.39 is 27.6 Å². The molecule has 0 N–H and O–H groups in total. The highest BCUT2D eigenvalue weighted by atomic mass is 35.5. The third kappa shape index (κ3) is 4.24. The van der Waals surface area contributed by atoms with Crippen LogP contribution in [0.15, 0.2) is 72.8 Å². The number of nitrogens with zero attached hydrogens (tertiary/aromatic N) is 1. The van der Waals surface area contributed by atoms with Crippen molar-refractivity contribution in [3.63, 3.8) is 0 Å². The van der Waals surface area contributed by atoms with Gasteiger partial charge in [-0.15, -0.1) is 23.2 Å². The third-order valence-corrected chi connectivity index (χ3v) is 10.0. The number of carbonyl (C=O) groups is 4. The quantitative estimate of drug-likeness (QED) is 0.0986. The van der Waals surface area contributed by atoms with Crippen LogP contribution < -0.4 is 4.74 Å². The minimum absolute atomic E-state index is 0.128. The summed E-state index contributed by atoms with van der Waals surface area (Å²) in [6.45, 7) is -0.127. The average Bonchev–Trinajstić information content (AvgIpc) is 3.28. The summed E-state index contributed by atoms with van der Waals surface area (Å²) in [5.41, 5.74) is 3.52. The van der Waals surface area contributed by atoms with Crippen molar-refractivity contribution in [2.24, 2.45) is 11.8 Å². The van der Waals surface area contributed by atoms with Crippen molar-refractivity contribution in [1.29, 1.82) is 0 Å². The van der Waals surface area contributed by atoms with E-state index in [1.165, 1.54) is 12.0 Å². The van der Waals surface area contributed by atoms with Crippen LogP contribution >= 0.6 is 23.2 Å². The molecule has 0 saturated carbocycles. The summed E-state index contributed by atoms with van der Waals surface area (Å²) >= 11 is 14.9. The van der Waals surface area contributed by atoms with Crippen LogP contribution in [0, 0.1) is 11.8 Å². The molecule has 216 valence electrons. The Morgan fingerprint density at radius 3 is 1.74 bits per heavy atom. The van der Waals surface area contributed by atoms with Gasteiger partial charge < -0.3 is 9.47 Å². The molecule has 1 heterocycles. The molecule has 1 aliphatic heterocycles. The van der Waals surface area contributed by atoms with Gasteiger partial charge in [-0.1, -0.05) is 55.0 Å². The Morgan fingerprint density at radius 1 is 0.762 bits per heavy atom. The largest absolute Gasteiger partial charge is 0.497 e. The molecule has 1 fully saturated rings. The van der Waals surface area contributed by atoms with Crippen LogP contribution in [-0.4, -0.2) is 48.7 Å². The molecule has 0 spiro atoms. The second-order valence-corrected chi connectivity index (χ2v) is 12.1. The summed E-state index contributed by atoms with van der Waals surface area (Å²) < 4.78 is 10.2. The fourth-order valence-corrected chi connectivity index (χ4v) is 7.84. The average molecular weight is 607 g/mol. The number of Topliss-reactive ketones (excluding diaryl/α,β-unsaturated/α-hetero) is 1. The highest BCUT2D eigenvalue weighted by Gasteiger charge is 2.72. The van der Waals surface area contributed by atoms with E-state index in [1.807, 2.05) is 48.5 Å². The van der Waals surface area contributed by atoms with Crippen molar-refractivity contribution in [2.75, 3.05) is 20.3 Å². The predicted octanol–water partition coefficient (Wildman–Crippen LogP) is 5.57. The van der Waals surface area contributed by atoms with Gasteiger partial charge in [-0.2, -0.15) is 0 Å². The lowest BCUT2D eigenvalue weighted by molar-refractivity contribution is -0.143. The highest BCUT2D eigenvalue weighted by Crippen LogP contribution is 2.69. The Hall–Kier alpha value is -3.68. The lowest BCUT2D eigenvalue weighted by Gasteiger charge is -2.54. The lowest BCUT2D eigenvalue weighted by Crippen LogP contribution is -2.57. The summed E-state index contributed by atoms with van der Waals surface area (Å²) in [6, 6.07) is 21.7. The first-order valence-corrected chi connectivity index (χ1v) is 14.7. The lowest BCUT2D eigenvalue weighted by atomic mass is 9.54. The van der Waals surface area contributed by atoms with E-state index in [0.717, 1.165) is 22.3 Å². The molecule has 4 aliphatic rings. The number of imide groups is 1. The molecule has 3 aliphatic carbocycles. The van der Waals surface area contributed by atoms with Crippen molar-refractivity contribution in [3.05, 3.63) is 101 Å². The molecular weight excluding hydrogens is 577 g/mol. The van der Waals surface area contributed by atoms with E-state index in [4.69, 9.17) is 32.7 Å². The maximum atomic E-state index is 13.8. The Kier molecular flexibility index (Phi) is 7.36. The summed E-state index contributed by atoms with van der Waals surface area (Å²) in [5, 5.41) is 0. The van der Waals surface area contributed by atoms with Gasteiger partial charge >= 0.3 is 5.97 Å². The Balaban J connectivity index is 1.07. The third-order valence-electron chi connectivity index (χ3n) is 8.72. The van der Waals surface area contributed by atoms with Crippen LogP contribution in [0.1, 0.15) is 58.3 Å². The van der Waals surface area contributed by atoms with Gasteiger partial charge in [0.05, 0.1) is 18.9 Å². The number of carbonyl (C=O) groups excluding carboxylic acids is 4. The van der Waals surface area contributed by atoms with Crippen LogP contribution in [0.25, 0.3) is 0 Å². The zero-order valence-corrected chi connectivity index (χ0v) is 24.5. The van der Waals surface area contributed by atoms with Gasteiger partial charge in [0, 0.05) is 18.5 Å². The number of rotatable bonds is 10. The van der Waals surface area contributed by atoms with Gasteiger partial charge in [0.1, 0.15) is 15.5 Å². The van der Waals surface area contributed by atoms with Gasteiger partial charge in [0.2, 0.25) is 11.8 Å². The molecule has 3 aromatic carbocycles. The van der Waals surface area contributed by atoms with Gasteiger partial charge in [0.15, 0.2) is 12.4 Å². The standard InChI is InChI=1S/C33H29Cl2NO6/c1-41-21-16-14-20(15-17-21)26(37)19-42-27(38)13-3-2-8-18-36-30(39)28-29(31(36)40)33(35)23-10-5-4-9-22(23)32(28,34)24-11-6-7-12-25(24)33/h4-7,9-12,14-17,28-29H,2-3,8,13,18-19H2,1H3/t28-,29+,32?,33?. The topological polar surface area (TPSA) is 90.0 Å². The number of benzene rings is 3. The number of unbranched alkanes of at least 4 members (excludes halogenated alkanes) is 2. The Bertz CT molecular complexity index is 1460. The monoisotopic (exact) mass is 605 g/mol. The molecule has 3 aromatic rings. The van der Waals surface area contributed by atoms with Crippen molar-refractivity contribution < 1.29 is 28.7 Å². The van der Waals surface area contributed by atoms with Crippen LogP contribution in [0.4, 0.5) is 0 Å². The molecule has 0 aromatic heterocycles. The maximum Gasteiger partial charge on any atom is 0.306 e. The molecule has 2 amide bonds. The number of halogens is 2. The zero-order valence-electron chi connectivity index (χ0n) is 23.0. The van der Waals surface area contributed by atoms with E-state index in [0.29, 0.717) is 30.6 Å². The zero-order chi connectivity index (χ0) is 29.6. The Morgan fingerprint density at radius 2 is 1.26 bits per heavy atom. The van der Waals surface area contributed by atoms with Crippen molar-refractivity contribution in [1.82, 2.24) is 4.90 Å². The molecule has 9 heteroatoms. The number of ether oxygens (including phenoxy) is 2. The van der Waals surface area contributed by atoms with E-state index in [2.05, 4.69) is 0 Å². The van der Waals surface area contributed by atoms with Gasteiger partial charge in [-0.05, 0) is 59.4 Å². The smallest absolute Gasteiger partial charge is 0.306 e. The summed E-state index contributed by atoms with van der Waals surface area (Å²) in [7, 11) is 1.54. The number of hydrogen-bond acceptors (Lipinski definition) is 6. The molecule has 1 saturated heterocycles. The fraction of sp³-hybridized carbons (Fsp3) is 0.333. The highest BCUT2D eigenvalue weighted by molar-refractivity contribution is 6.36. The van der Waals surface area contributed by atoms with Crippen molar-refractivity contribution in [2.45, 2.75) is 35.4 Å². The number of likely N-dealkylation sites (tertiary alicyclic amines) is 1. The Labute approximate surface area is 253 Å². The SMILES string of the molecule is COc1ccc(C(=O)COC(=O)CCCCCN2C(=O)[C@@H]3[C@H](C2=O)C2(Cl)c4ccccc4C3(Cl)c3ccccc32)cc1. The first kappa shape index (κ1) is 28.4. The van der Waals surface area contributed by atoms with E-state index in [-0.39, 0.29) is 37.2 Å². The first-order chi connectivity index (χ1) is 20.2. The van der Waals surface area contributed by atoms with Crippen LogP contribution in [0.3, 0.4) is 0 Å². The molecule has 7 nitrogen and oxygen atoms in total. The number of methoxy groups -OCH3 is 1. The van der Waals surface area contributed by atoms with Crippen LogP contribution in [0.2, 0.25) is 0 Å². The minimum atomic E-state index is -1.19. The summed E-state index contributed by atoms with van der Waals surface area (Å²) in [4.78, 5) is 51.0. The summed E-state index contributed by atoms with van der Waals surface area (Å²) in [6.07, 6.45) is 1.73. The molecule has 0 unspecified atom stereocenters. The van der Waals surface area contributed by atoms with Crippen molar-refractivity contribution in [3.8, 4) is 5.75 Å². The minimum Gasteiger partial charge on any atom is -0.497 e. The van der Waals surface area contributed by atoms with E-state index in [9.17, 15) is 19.2 Å². The van der Waals surface area contributed by atoms with Gasteiger partial charge in [0.25, 0.3) is 0 Å². The van der Waals surface area contributed by atoms with Gasteiger partial charge in [-0.25, -0.2) is 0 Å². The van der Waals surface area contributed by atoms with E-state index in [1.54, 1.807) is 24.3 Å². The number of alkyl halides is 2. The molecular formula is C33H29Cl2NO6. The normalized spacial score (nSPS) is 25.1. The van der Waals surface area contributed by atoms with Crippen LogP contribution in [0.5, 0.6) is 5.75 Å². The van der Waals surface area contributed by atoms with E-state index >= 15 is 0 Å². The fourth-order valence-electron chi connectivity index (χ4n) is 6.74. The molecule has 42 heavy (non-hydrogen) atoms. The maximum absolute atomic E-state index is 13.8. The molecule has 2 bridgehead atoms. The second-order valence-electron chi connectivity index (χ2n) is 10.9. The summed E-state index contributed by atoms with van der Waals surface area (Å²) in [5.74, 6) is -2.40. The molecule has 2 atom stereocenters. The number of hydrogen-bond donors (Lipinski definition) is 0. The molecule has 7 rings (SSSR count). The number of esters is 1. The second kappa shape index (κ2) is 10.9. The van der Waals surface area contributed by atoms with Gasteiger partial charge in [-0.3, -0.25) is 24.1 Å². The van der Waals surface area contributed by atoms with Crippen LogP contribution in [-0.2, 0) is 28.9 Å².